The van der Waals surface area contributed by atoms with Gasteiger partial charge in [-0.25, -0.2) is 0 Å². The van der Waals surface area contributed by atoms with E-state index in [9.17, 15) is 0 Å². The zero-order chi connectivity index (χ0) is 6.41. The van der Waals surface area contributed by atoms with Crippen molar-refractivity contribution >= 4 is 0 Å². The molecule has 0 N–H and O–H groups in total. The van der Waals surface area contributed by atoms with E-state index in [2.05, 4.69) is 18.6 Å². The van der Waals surface area contributed by atoms with Gasteiger partial charge in [0.25, 0.3) is 0 Å². The van der Waals surface area contributed by atoms with Gasteiger partial charge in [-0.15, -0.1) is 0 Å². The predicted molar refractivity (Wildman–Crippen MR) is 34.2 cm³/mol. The quantitative estimate of drug-likeness (QED) is 0.465. The molecule has 1 nitrogen and oxygen atoms in total. The summed E-state index contributed by atoms with van der Waals surface area (Å²) >= 11 is 0. The molecule has 0 amide bonds. The van der Waals surface area contributed by atoms with Gasteiger partial charge in [-0.1, -0.05) is 6.58 Å². The summed E-state index contributed by atoms with van der Waals surface area (Å²) in [5.74, 6) is 2.68. The Balaban J connectivity index is 3.35. The van der Waals surface area contributed by atoms with Gasteiger partial charge in [0.1, 0.15) is 6.11 Å². The van der Waals surface area contributed by atoms with Crippen molar-refractivity contribution in [3.05, 3.63) is 12.2 Å². The van der Waals surface area contributed by atoms with Gasteiger partial charge in [-0.05, 0) is 25.3 Å². The van der Waals surface area contributed by atoms with Gasteiger partial charge < -0.3 is 4.74 Å². The molecule has 0 saturated heterocycles. The molecule has 0 aliphatic carbocycles. The molecular formula is C7H10O. The zero-order valence-corrected chi connectivity index (χ0v) is 5.32. The fraction of sp³-hybridized carbons (Fsp3) is 0.429. The number of rotatable bonds is 1. The second-order valence-corrected chi connectivity index (χ2v) is 1.44. The third kappa shape index (κ3) is 5.10. The van der Waals surface area contributed by atoms with Crippen LogP contribution in [0.3, 0.4) is 0 Å². The monoisotopic (exact) mass is 110 g/mol. The summed E-state index contributed by atoms with van der Waals surface area (Å²) in [6.07, 6.45) is 2.48. The molecule has 0 fully saturated rings. The molecule has 0 rings (SSSR count). The van der Waals surface area contributed by atoms with Crippen LogP contribution in [-0.4, -0.2) is 6.61 Å². The van der Waals surface area contributed by atoms with E-state index in [1.54, 1.807) is 0 Å². The van der Waals surface area contributed by atoms with Crippen molar-refractivity contribution in [2.75, 3.05) is 6.61 Å². The lowest BCUT2D eigenvalue weighted by molar-refractivity contribution is 0.299. The summed E-state index contributed by atoms with van der Waals surface area (Å²) in [5, 5.41) is 0. The van der Waals surface area contributed by atoms with Gasteiger partial charge >= 0.3 is 0 Å². The molecule has 0 radical (unpaired) electrons. The number of hydrogen-bond donors (Lipinski definition) is 0. The van der Waals surface area contributed by atoms with E-state index in [0.29, 0.717) is 6.61 Å². The highest BCUT2D eigenvalue weighted by Gasteiger charge is 1.69. The van der Waals surface area contributed by atoms with Gasteiger partial charge in [0.2, 0.25) is 0 Å². The van der Waals surface area contributed by atoms with Crippen LogP contribution in [0.2, 0.25) is 0 Å². The maximum absolute atomic E-state index is 4.72. The Labute approximate surface area is 50.4 Å². The van der Waals surface area contributed by atoms with Gasteiger partial charge in [0.15, 0.2) is 0 Å². The molecule has 0 aliphatic rings. The molecule has 0 atom stereocenters. The summed E-state index contributed by atoms with van der Waals surface area (Å²) in [5.41, 5.74) is 0.832. The Bertz CT molecular complexity index is 125. The highest BCUT2D eigenvalue weighted by Crippen LogP contribution is 1.79. The highest BCUT2D eigenvalue weighted by molar-refractivity contribution is 5.20. The minimum atomic E-state index is 0.639. The Morgan fingerprint density at radius 1 is 1.75 bits per heavy atom. The fourth-order valence-electron chi connectivity index (χ4n) is 0.195. The summed E-state index contributed by atoms with van der Waals surface area (Å²) in [6.45, 7) is 7.95. The fourth-order valence-corrected chi connectivity index (χ4v) is 0.195. The largest absolute Gasteiger partial charge is 0.447 e. The number of hydrogen-bond acceptors (Lipinski definition) is 1. The Kier molecular flexibility index (Phi) is 3.78. The van der Waals surface area contributed by atoms with Gasteiger partial charge in [0.05, 0.1) is 6.61 Å². The van der Waals surface area contributed by atoms with Gasteiger partial charge in [0, 0.05) is 0 Å². The van der Waals surface area contributed by atoms with Gasteiger partial charge in [-0.2, -0.15) is 0 Å². The first-order valence-corrected chi connectivity index (χ1v) is 2.55. The SMILES string of the molecule is C=C(C)C#COCC. The molecule has 0 unspecified atom stereocenters. The van der Waals surface area contributed by atoms with E-state index in [-0.39, 0.29) is 0 Å². The standard InChI is InChI=1S/C7H10O/c1-4-8-6-5-7(2)3/h2,4H2,1,3H3. The van der Waals surface area contributed by atoms with Crippen LogP contribution in [-0.2, 0) is 4.74 Å². The third-order valence-corrected chi connectivity index (χ3v) is 0.481. The van der Waals surface area contributed by atoms with E-state index >= 15 is 0 Å². The molecule has 44 valence electrons. The number of allylic oxidation sites excluding steroid dienone is 1. The molecule has 0 aromatic rings. The van der Waals surface area contributed by atoms with E-state index in [1.807, 2.05) is 13.8 Å². The first kappa shape index (κ1) is 7.10. The maximum atomic E-state index is 4.72. The van der Waals surface area contributed by atoms with Crippen LogP contribution in [0.1, 0.15) is 13.8 Å². The van der Waals surface area contributed by atoms with E-state index in [1.165, 1.54) is 0 Å². The third-order valence-electron chi connectivity index (χ3n) is 0.481. The van der Waals surface area contributed by atoms with Crippen LogP contribution in [0.5, 0.6) is 0 Å². The maximum Gasteiger partial charge on any atom is 0.115 e. The van der Waals surface area contributed by atoms with Crippen molar-refractivity contribution < 1.29 is 4.74 Å². The molecule has 0 saturated carbocycles. The first-order valence-electron chi connectivity index (χ1n) is 2.55. The molecule has 1 heteroatoms. The molecule has 8 heavy (non-hydrogen) atoms. The summed E-state index contributed by atoms with van der Waals surface area (Å²) in [7, 11) is 0. The Hall–Kier alpha value is -0.900. The van der Waals surface area contributed by atoms with Crippen molar-refractivity contribution in [2.24, 2.45) is 0 Å². The van der Waals surface area contributed by atoms with Gasteiger partial charge in [-0.3, -0.25) is 0 Å². The van der Waals surface area contributed by atoms with Crippen molar-refractivity contribution in [1.29, 1.82) is 0 Å². The van der Waals surface area contributed by atoms with Crippen LogP contribution in [0, 0.1) is 12.0 Å². The van der Waals surface area contributed by atoms with Crippen LogP contribution in [0.15, 0.2) is 12.2 Å². The first-order chi connectivity index (χ1) is 3.77. The molecule has 0 aromatic heterocycles. The molecule has 0 spiro atoms. The second kappa shape index (κ2) is 4.26. The Morgan fingerprint density at radius 3 is 2.75 bits per heavy atom. The van der Waals surface area contributed by atoms with Crippen molar-refractivity contribution in [3.8, 4) is 12.0 Å². The highest BCUT2D eigenvalue weighted by atomic mass is 16.5. The summed E-state index contributed by atoms with van der Waals surface area (Å²) < 4.78 is 4.72. The lowest BCUT2D eigenvalue weighted by Gasteiger charge is -1.83. The van der Waals surface area contributed by atoms with Crippen molar-refractivity contribution in [2.45, 2.75) is 13.8 Å². The second-order valence-electron chi connectivity index (χ2n) is 1.44. The van der Waals surface area contributed by atoms with E-state index < -0.39 is 0 Å². The van der Waals surface area contributed by atoms with Crippen LogP contribution in [0.4, 0.5) is 0 Å². The predicted octanol–water partition coefficient (Wildman–Crippen LogP) is 1.56. The van der Waals surface area contributed by atoms with Crippen LogP contribution < -0.4 is 0 Å². The summed E-state index contributed by atoms with van der Waals surface area (Å²) in [4.78, 5) is 0. The minimum absolute atomic E-state index is 0.639. The number of ether oxygens (including phenoxy) is 1. The van der Waals surface area contributed by atoms with Crippen molar-refractivity contribution in [1.82, 2.24) is 0 Å². The lowest BCUT2D eigenvalue weighted by Crippen LogP contribution is -1.76. The average Bonchev–Trinajstić information content (AvgIpc) is 1.66. The normalized spacial score (nSPS) is 6.75. The molecule has 0 aromatic carbocycles. The minimum Gasteiger partial charge on any atom is -0.447 e. The summed E-state index contributed by atoms with van der Waals surface area (Å²) in [6, 6.07) is 0. The lowest BCUT2D eigenvalue weighted by atomic mass is 10.4. The van der Waals surface area contributed by atoms with Crippen LogP contribution in [0.25, 0.3) is 0 Å². The topological polar surface area (TPSA) is 9.23 Å². The van der Waals surface area contributed by atoms with E-state index in [0.717, 1.165) is 5.57 Å². The van der Waals surface area contributed by atoms with Crippen LogP contribution >= 0.6 is 0 Å². The molecular weight excluding hydrogens is 100 g/mol. The smallest absolute Gasteiger partial charge is 0.115 e. The molecule has 0 aliphatic heterocycles. The van der Waals surface area contributed by atoms with E-state index in [4.69, 9.17) is 4.74 Å². The zero-order valence-electron chi connectivity index (χ0n) is 5.32. The van der Waals surface area contributed by atoms with Crippen molar-refractivity contribution in [3.63, 3.8) is 0 Å². The molecule has 0 heterocycles. The molecule has 0 bridgehead atoms. The average molecular weight is 110 g/mol. The Morgan fingerprint density at radius 2 is 2.38 bits per heavy atom.